The van der Waals surface area contributed by atoms with Gasteiger partial charge in [-0.1, -0.05) is 12.1 Å². The predicted octanol–water partition coefficient (Wildman–Crippen LogP) is 2.92. The Bertz CT molecular complexity index is 704. The van der Waals surface area contributed by atoms with Crippen LogP contribution in [0.1, 0.15) is 17.2 Å². The molecule has 2 rings (SSSR count). The fourth-order valence-electron chi connectivity index (χ4n) is 2.02. The maximum Gasteiger partial charge on any atom is 0.269 e. The van der Waals surface area contributed by atoms with E-state index in [-0.39, 0.29) is 12.2 Å². The van der Waals surface area contributed by atoms with Gasteiger partial charge in [-0.15, -0.1) is 0 Å². The van der Waals surface area contributed by atoms with E-state index in [0.29, 0.717) is 10.7 Å². The highest BCUT2D eigenvalue weighted by molar-refractivity contribution is 7.80. The van der Waals surface area contributed by atoms with Crippen LogP contribution < -0.4 is 10.6 Å². The Balaban J connectivity index is 1.87. The van der Waals surface area contributed by atoms with Crippen molar-refractivity contribution in [1.82, 2.24) is 5.32 Å². The molecule has 0 unspecified atom stereocenters. The van der Waals surface area contributed by atoms with Crippen molar-refractivity contribution in [3.8, 4) is 0 Å². The molecule has 0 amide bonds. The van der Waals surface area contributed by atoms with Crippen molar-refractivity contribution in [2.24, 2.45) is 0 Å². The van der Waals surface area contributed by atoms with Crippen LogP contribution >= 0.6 is 12.2 Å². The molecule has 7 heteroatoms. The summed E-state index contributed by atoms with van der Waals surface area (Å²) in [7, 11) is 0. The highest BCUT2D eigenvalue weighted by Crippen LogP contribution is 2.17. The second-order valence-electron chi connectivity index (χ2n) is 5.07. The van der Waals surface area contributed by atoms with Gasteiger partial charge in [0.1, 0.15) is 0 Å². The molecule has 2 aromatic carbocycles. The molecule has 2 aromatic rings. The Hall–Kier alpha value is -2.51. The number of benzene rings is 2. The third-order valence-electron chi connectivity index (χ3n) is 3.22. The molecule has 0 aliphatic carbocycles. The topological polar surface area (TPSA) is 87.4 Å². The van der Waals surface area contributed by atoms with Gasteiger partial charge in [0.2, 0.25) is 0 Å². The lowest BCUT2D eigenvalue weighted by Gasteiger charge is -2.15. The lowest BCUT2D eigenvalue weighted by molar-refractivity contribution is -0.384. The number of anilines is 1. The monoisotopic (exact) mass is 331 g/mol. The molecule has 0 aliphatic heterocycles. The lowest BCUT2D eigenvalue weighted by atomic mass is 10.1. The van der Waals surface area contributed by atoms with Gasteiger partial charge in [0.05, 0.1) is 11.0 Å². The van der Waals surface area contributed by atoms with E-state index < -0.39 is 11.0 Å². The minimum Gasteiger partial charge on any atom is -0.387 e. The SMILES string of the molecule is Cc1cccc(NC(=S)NC[C@H](O)c2ccc([N+](=O)[O-])cc2)c1. The minimum atomic E-state index is -0.812. The van der Waals surface area contributed by atoms with Gasteiger partial charge in [0, 0.05) is 24.4 Å². The molecular weight excluding hydrogens is 314 g/mol. The van der Waals surface area contributed by atoms with Crippen molar-refractivity contribution in [3.63, 3.8) is 0 Å². The van der Waals surface area contributed by atoms with Crippen LogP contribution in [-0.4, -0.2) is 21.7 Å². The van der Waals surface area contributed by atoms with Gasteiger partial charge >= 0.3 is 0 Å². The Kier molecular flexibility index (Phi) is 5.61. The number of nitrogens with zero attached hydrogens (tertiary/aromatic N) is 1. The van der Waals surface area contributed by atoms with E-state index in [0.717, 1.165) is 11.3 Å². The van der Waals surface area contributed by atoms with Gasteiger partial charge in [-0.25, -0.2) is 0 Å². The summed E-state index contributed by atoms with van der Waals surface area (Å²) in [5.41, 5.74) is 2.56. The second kappa shape index (κ2) is 7.66. The third-order valence-corrected chi connectivity index (χ3v) is 3.47. The maximum absolute atomic E-state index is 10.6. The zero-order valence-electron chi connectivity index (χ0n) is 12.5. The molecule has 0 radical (unpaired) electrons. The van der Waals surface area contributed by atoms with Gasteiger partial charge in [-0.3, -0.25) is 10.1 Å². The summed E-state index contributed by atoms with van der Waals surface area (Å²) in [6, 6.07) is 13.5. The summed E-state index contributed by atoms with van der Waals surface area (Å²) in [5.74, 6) is 0. The fourth-order valence-corrected chi connectivity index (χ4v) is 2.22. The van der Waals surface area contributed by atoms with Crippen molar-refractivity contribution in [2.45, 2.75) is 13.0 Å². The second-order valence-corrected chi connectivity index (χ2v) is 5.48. The fraction of sp³-hybridized carbons (Fsp3) is 0.188. The first-order chi connectivity index (χ1) is 11.0. The van der Waals surface area contributed by atoms with Crippen molar-refractivity contribution >= 4 is 28.7 Å². The van der Waals surface area contributed by atoms with Crippen LogP contribution in [0.3, 0.4) is 0 Å². The van der Waals surface area contributed by atoms with Crippen molar-refractivity contribution < 1.29 is 10.0 Å². The summed E-state index contributed by atoms with van der Waals surface area (Å²) in [5, 5.41) is 27.0. The number of hydrogen-bond acceptors (Lipinski definition) is 4. The number of aliphatic hydroxyl groups excluding tert-OH is 1. The number of thiocarbonyl (C=S) groups is 1. The standard InChI is InChI=1S/C16H17N3O3S/c1-11-3-2-4-13(9-11)18-16(23)17-10-15(20)12-5-7-14(8-6-12)19(21)22/h2-9,15,20H,10H2,1H3,(H2,17,18,23)/t15-/m0/s1. The molecule has 0 bridgehead atoms. The van der Waals surface area contributed by atoms with E-state index in [1.807, 2.05) is 31.2 Å². The summed E-state index contributed by atoms with van der Waals surface area (Å²) < 4.78 is 0. The molecule has 0 saturated heterocycles. The lowest BCUT2D eigenvalue weighted by Crippen LogP contribution is -2.32. The maximum atomic E-state index is 10.6. The van der Waals surface area contributed by atoms with Crippen molar-refractivity contribution in [1.29, 1.82) is 0 Å². The van der Waals surface area contributed by atoms with Gasteiger partial charge in [0.15, 0.2) is 5.11 Å². The average molecular weight is 331 g/mol. The van der Waals surface area contributed by atoms with E-state index >= 15 is 0 Å². The Morgan fingerprint density at radius 2 is 2.00 bits per heavy atom. The Morgan fingerprint density at radius 3 is 2.61 bits per heavy atom. The molecule has 120 valence electrons. The zero-order valence-corrected chi connectivity index (χ0v) is 13.3. The van der Waals surface area contributed by atoms with Crippen LogP contribution in [-0.2, 0) is 0 Å². The summed E-state index contributed by atoms with van der Waals surface area (Å²) >= 11 is 5.18. The normalized spacial score (nSPS) is 11.6. The largest absolute Gasteiger partial charge is 0.387 e. The van der Waals surface area contributed by atoms with Gasteiger partial charge < -0.3 is 15.7 Å². The highest BCUT2D eigenvalue weighted by atomic mass is 32.1. The molecule has 0 spiro atoms. The van der Waals surface area contributed by atoms with Gasteiger partial charge in [-0.2, -0.15) is 0 Å². The number of aryl methyl sites for hydroxylation is 1. The minimum absolute atomic E-state index is 0.00876. The number of nitrogens with one attached hydrogen (secondary N) is 2. The molecule has 0 fully saturated rings. The quantitative estimate of drug-likeness (QED) is 0.444. The number of hydrogen-bond donors (Lipinski definition) is 3. The van der Waals surface area contributed by atoms with Gasteiger partial charge in [0.25, 0.3) is 5.69 Å². The molecule has 0 heterocycles. The van der Waals surface area contributed by atoms with Crippen molar-refractivity contribution in [3.05, 3.63) is 69.8 Å². The molecule has 0 aliphatic rings. The predicted molar refractivity (Wildman–Crippen MR) is 93.5 cm³/mol. The first kappa shape index (κ1) is 16.9. The highest BCUT2D eigenvalue weighted by Gasteiger charge is 2.11. The molecule has 6 nitrogen and oxygen atoms in total. The smallest absolute Gasteiger partial charge is 0.269 e. The van der Waals surface area contributed by atoms with Gasteiger partial charge in [-0.05, 0) is 54.5 Å². The zero-order chi connectivity index (χ0) is 16.8. The molecule has 0 saturated carbocycles. The first-order valence-electron chi connectivity index (χ1n) is 6.99. The first-order valence-corrected chi connectivity index (χ1v) is 7.40. The van der Waals surface area contributed by atoms with Crippen LogP contribution in [0.4, 0.5) is 11.4 Å². The Morgan fingerprint density at radius 1 is 1.30 bits per heavy atom. The Labute approximate surface area is 139 Å². The number of non-ortho nitro benzene ring substituents is 1. The van der Waals surface area contributed by atoms with Crippen LogP contribution in [0.15, 0.2) is 48.5 Å². The number of aliphatic hydroxyl groups is 1. The molecule has 23 heavy (non-hydrogen) atoms. The van der Waals surface area contributed by atoms with E-state index in [9.17, 15) is 15.2 Å². The number of nitro benzene ring substituents is 1. The van der Waals surface area contributed by atoms with E-state index in [2.05, 4.69) is 10.6 Å². The van der Waals surface area contributed by atoms with Crippen LogP contribution in [0.5, 0.6) is 0 Å². The molecule has 3 N–H and O–H groups in total. The number of rotatable bonds is 5. The van der Waals surface area contributed by atoms with E-state index in [1.54, 1.807) is 0 Å². The van der Waals surface area contributed by atoms with E-state index in [1.165, 1.54) is 24.3 Å². The average Bonchev–Trinajstić information content (AvgIpc) is 2.52. The molecule has 1 atom stereocenters. The summed E-state index contributed by atoms with van der Waals surface area (Å²) in [6.07, 6.45) is -0.812. The summed E-state index contributed by atoms with van der Waals surface area (Å²) in [6.45, 7) is 2.19. The number of nitro groups is 1. The van der Waals surface area contributed by atoms with Crippen LogP contribution in [0, 0.1) is 17.0 Å². The van der Waals surface area contributed by atoms with E-state index in [4.69, 9.17) is 12.2 Å². The van der Waals surface area contributed by atoms with Crippen LogP contribution in [0.25, 0.3) is 0 Å². The molecule has 0 aromatic heterocycles. The van der Waals surface area contributed by atoms with Crippen LogP contribution in [0.2, 0.25) is 0 Å². The van der Waals surface area contributed by atoms with Crippen molar-refractivity contribution in [2.75, 3.05) is 11.9 Å². The summed E-state index contributed by atoms with van der Waals surface area (Å²) in [4.78, 5) is 10.1. The third kappa shape index (κ3) is 5.01. The molecular formula is C16H17N3O3S.